The van der Waals surface area contributed by atoms with E-state index in [0.717, 1.165) is 0 Å². The Bertz CT molecular complexity index is 596. The molecule has 9 heteroatoms. The molecule has 1 aliphatic rings. The predicted octanol–water partition coefficient (Wildman–Crippen LogP) is 1.00. The van der Waals surface area contributed by atoms with Crippen molar-refractivity contribution >= 4 is 5.91 Å². The maximum Gasteiger partial charge on any atom is 0.438 e. The lowest BCUT2D eigenvalue weighted by Gasteiger charge is -2.33. The van der Waals surface area contributed by atoms with Crippen molar-refractivity contribution in [2.45, 2.75) is 38.7 Å². The second-order valence-corrected chi connectivity index (χ2v) is 5.02. The van der Waals surface area contributed by atoms with Crippen molar-refractivity contribution < 1.29 is 23.1 Å². The van der Waals surface area contributed by atoms with Gasteiger partial charge in [0.15, 0.2) is 0 Å². The zero-order valence-corrected chi connectivity index (χ0v) is 11.5. The molecule has 116 valence electrons. The van der Waals surface area contributed by atoms with E-state index >= 15 is 0 Å². The second kappa shape index (κ2) is 4.76. The second-order valence-electron chi connectivity index (χ2n) is 5.02. The van der Waals surface area contributed by atoms with Gasteiger partial charge in [-0.25, -0.2) is 5.01 Å². The molecule has 2 rings (SSSR count). The van der Waals surface area contributed by atoms with E-state index in [0.29, 0.717) is 11.4 Å². The van der Waals surface area contributed by atoms with Gasteiger partial charge in [-0.1, -0.05) is 6.58 Å². The molecule has 6 nitrogen and oxygen atoms in total. The van der Waals surface area contributed by atoms with E-state index in [9.17, 15) is 23.1 Å². The smallest absolute Gasteiger partial charge is 0.362 e. The number of aryl methyl sites for hydroxylation is 2. The molecule has 21 heavy (non-hydrogen) atoms. The number of hydrazine groups is 1. The molecule has 2 heterocycles. The molecule has 0 bridgehead atoms. The maximum absolute atomic E-state index is 13.0. The summed E-state index contributed by atoms with van der Waals surface area (Å²) < 4.78 is 40.3. The molecule has 1 aromatic heterocycles. The largest absolute Gasteiger partial charge is 0.438 e. The number of carbonyl (C=O) groups is 1. The topological polar surface area (TPSA) is 70.4 Å². The molecule has 0 saturated carbocycles. The van der Waals surface area contributed by atoms with Crippen LogP contribution in [0.5, 0.6) is 0 Å². The standard InChI is InChI=1S/C12H15F3N4O2/c1-7-4-9(3)18(16-7)6-10(20)19-11(21,12(13,14)15)5-8(2)17-19/h4,17,21H,2,5-6H2,1,3H3. The first kappa shape index (κ1) is 15.4. The van der Waals surface area contributed by atoms with Crippen molar-refractivity contribution in [1.29, 1.82) is 0 Å². The Kier molecular flexibility index (Phi) is 3.48. The quantitative estimate of drug-likeness (QED) is 0.855. The van der Waals surface area contributed by atoms with Crippen LogP contribution in [0.3, 0.4) is 0 Å². The Balaban J connectivity index is 2.25. The van der Waals surface area contributed by atoms with Crippen molar-refractivity contribution in [2.24, 2.45) is 0 Å². The Morgan fingerprint density at radius 2 is 2.19 bits per heavy atom. The summed E-state index contributed by atoms with van der Waals surface area (Å²) in [5, 5.41) is 14.0. The predicted molar refractivity (Wildman–Crippen MR) is 66.4 cm³/mol. The van der Waals surface area contributed by atoms with E-state index in [1.807, 2.05) is 0 Å². The van der Waals surface area contributed by atoms with Gasteiger partial charge >= 0.3 is 6.18 Å². The highest BCUT2D eigenvalue weighted by molar-refractivity contribution is 5.77. The fourth-order valence-corrected chi connectivity index (χ4v) is 2.20. The molecule has 0 radical (unpaired) electrons. The van der Waals surface area contributed by atoms with Crippen molar-refractivity contribution in [3.63, 3.8) is 0 Å². The Labute approximate surface area is 118 Å². The number of carbonyl (C=O) groups excluding carboxylic acids is 1. The molecule has 1 amide bonds. The highest BCUT2D eigenvalue weighted by Crippen LogP contribution is 2.40. The number of aliphatic hydroxyl groups is 1. The number of nitrogens with zero attached hydrogens (tertiary/aromatic N) is 3. The zero-order valence-electron chi connectivity index (χ0n) is 11.5. The number of alkyl halides is 3. The number of aromatic nitrogens is 2. The normalized spacial score (nSPS) is 22.6. The van der Waals surface area contributed by atoms with Crippen LogP contribution in [0.2, 0.25) is 0 Å². The summed E-state index contributed by atoms with van der Waals surface area (Å²) in [6.45, 7) is 6.30. The summed E-state index contributed by atoms with van der Waals surface area (Å²) in [6.07, 6.45) is -5.80. The summed E-state index contributed by atoms with van der Waals surface area (Å²) in [4.78, 5) is 12.1. The Morgan fingerprint density at radius 3 is 2.67 bits per heavy atom. The molecule has 0 aromatic carbocycles. The van der Waals surface area contributed by atoms with Gasteiger partial charge in [0.05, 0.1) is 5.69 Å². The van der Waals surface area contributed by atoms with E-state index in [1.54, 1.807) is 19.9 Å². The molecule has 1 unspecified atom stereocenters. The number of nitrogens with one attached hydrogen (secondary N) is 1. The zero-order chi connectivity index (χ0) is 16.0. The monoisotopic (exact) mass is 304 g/mol. The Morgan fingerprint density at radius 1 is 1.57 bits per heavy atom. The minimum absolute atomic E-state index is 0.0865. The third-order valence-corrected chi connectivity index (χ3v) is 3.19. The molecule has 2 N–H and O–H groups in total. The summed E-state index contributed by atoms with van der Waals surface area (Å²) in [5.41, 5.74) is 0.0720. The van der Waals surface area contributed by atoms with Crippen LogP contribution >= 0.6 is 0 Å². The molecule has 1 fully saturated rings. The lowest BCUT2D eigenvalue weighted by atomic mass is 10.1. The molecular formula is C12H15F3N4O2. The first-order valence-corrected chi connectivity index (χ1v) is 6.12. The van der Waals surface area contributed by atoms with E-state index < -0.39 is 30.8 Å². The molecule has 0 aliphatic carbocycles. The minimum Gasteiger partial charge on any atom is -0.362 e. The number of amides is 1. The van der Waals surface area contributed by atoms with Crippen LogP contribution in [0.25, 0.3) is 0 Å². The average Bonchev–Trinajstić information content (AvgIpc) is 2.79. The molecule has 0 spiro atoms. The first-order chi connectivity index (χ1) is 9.54. The summed E-state index contributed by atoms with van der Waals surface area (Å²) >= 11 is 0. The molecule has 1 aromatic rings. The average molecular weight is 304 g/mol. The van der Waals surface area contributed by atoms with Crippen LogP contribution < -0.4 is 5.43 Å². The van der Waals surface area contributed by atoms with Crippen LogP contribution in [-0.4, -0.2) is 37.7 Å². The van der Waals surface area contributed by atoms with Gasteiger partial charge in [-0.3, -0.25) is 14.9 Å². The van der Waals surface area contributed by atoms with Gasteiger partial charge in [0.25, 0.3) is 11.6 Å². The molecule has 1 atom stereocenters. The van der Waals surface area contributed by atoms with Crippen LogP contribution in [0.15, 0.2) is 18.3 Å². The lowest BCUT2D eigenvalue weighted by molar-refractivity contribution is -0.304. The number of hydrogen-bond donors (Lipinski definition) is 2. The third kappa shape index (κ3) is 2.60. The van der Waals surface area contributed by atoms with Gasteiger partial charge in [-0.15, -0.1) is 0 Å². The summed E-state index contributed by atoms with van der Waals surface area (Å²) in [6, 6.07) is 1.69. The van der Waals surface area contributed by atoms with Crippen molar-refractivity contribution in [3.8, 4) is 0 Å². The number of halogens is 3. The van der Waals surface area contributed by atoms with Gasteiger partial charge in [0.2, 0.25) is 0 Å². The van der Waals surface area contributed by atoms with Crippen molar-refractivity contribution in [3.05, 3.63) is 29.7 Å². The van der Waals surface area contributed by atoms with Crippen LogP contribution in [0, 0.1) is 13.8 Å². The van der Waals surface area contributed by atoms with Gasteiger partial charge in [-0.05, 0) is 19.9 Å². The first-order valence-electron chi connectivity index (χ1n) is 6.12. The Hall–Kier alpha value is -2.03. The van der Waals surface area contributed by atoms with Gasteiger partial charge in [-0.2, -0.15) is 18.3 Å². The summed E-state index contributed by atoms with van der Waals surface area (Å²) in [5.74, 6) is -0.959. The van der Waals surface area contributed by atoms with E-state index in [1.165, 1.54) is 4.68 Å². The van der Waals surface area contributed by atoms with Crippen LogP contribution in [-0.2, 0) is 11.3 Å². The van der Waals surface area contributed by atoms with Crippen molar-refractivity contribution in [1.82, 2.24) is 20.2 Å². The van der Waals surface area contributed by atoms with E-state index in [-0.39, 0.29) is 10.7 Å². The number of hydrogen-bond acceptors (Lipinski definition) is 4. The fraction of sp³-hybridized carbons (Fsp3) is 0.500. The van der Waals surface area contributed by atoms with Crippen molar-refractivity contribution in [2.75, 3.05) is 0 Å². The van der Waals surface area contributed by atoms with Gasteiger partial charge < -0.3 is 5.11 Å². The highest BCUT2D eigenvalue weighted by atomic mass is 19.4. The van der Waals surface area contributed by atoms with Crippen LogP contribution in [0.4, 0.5) is 13.2 Å². The molecule has 1 saturated heterocycles. The SMILES string of the molecule is C=C1CC(O)(C(F)(F)F)N(C(=O)Cn2nc(C)cc2C)N1. The number of rotatable bonds is 2. The molecule has 1 aliphatic heterocycles. The van der Waals surface area contributed by atoms with E-state index in [2.05, 4.69) is 17.1 Å². The van der Waals surface area contributed by atoms with Gasteiger partial charge in [0, 0.05) is 17.8 Å². The minimum atomic E-state index is -5.00. The van der Waals surface area contributed by atoms with E-state index in [4.69, 9.17) is 0 Å². The highest BCUT2D eigenvalue weighted by Gasteiger charge is 2.63. The van der Waals surface area contributed by atoms with Crippen LogP contribution in [0.1, 0.15) is 17.8 Å². The molecular weight excluding hydrogens is 289 g/mol. The lowest BCUT2D eigenvalue weighted by Crippen LogP contribution is -2.60. The fourth-order valence-electron chi connectivity index (χ4n) is 2.20. The van der Waals surface area contributed by atoms with Gasteiger partial charge in [0.1, 0.15) is 6.54 Å². The maximum atomic E-state index is 13.0. The summed E-state index contributed by atoms with van der Waals surface area (Å²) in [7, 11) is 0. The third-order valence-electron chi connectivity index (χ3n) is 3.19.